The second kappa shape index (κ2) is 9.27. The van der Waals surface area contributed by atoms with Crippen LogP contribution in [0.2, 0.25) is 0 Å². The topological polar surface area (TPSA) is 174 Å². The van der Waals surface area contributed by atoms with Gasteiger partial charge in [0.05, 0.1) is 10.8 Å². The Hall–Kier alpha value is -2.24. The molecular formula is C19H26ClNO9. The van der Waals surface area contributed by atoms with Crippen LogP contribution >= 0.6 is 0 Å². The molecule has 1 rings (SSSR count). The van der Waals surface area contributed by atoms with Crippen LogP contribution in [-0.4, -0.2) is 23.9 Å². The van der Waals surface area contributed by atoms with Crippen molar-refractivity contribution in [1.82, 2.24) is 0 Å². The Morgan fingerprint density at radius 1 is 0.933 bits per heavy atom. The number of benzene rings is 1. The molecule has 30 heavy (non-hydrogen) atoms. The summed E-state index contributed by atoms with van der Waals surface area (Å²) in [7, 11) is -4.96. The summed E-state index contributed by atoms with van der Waals surface area (Å²) in [5.41, 5.74) is 4.24. The number of rotatable bonds is 6. The number of carbonyl (C=O) groups is 3. The van der Waals surface area contributed by atoms with Crippen molar-refractivity contribution in [3.8, 4) is 11.5 Å². The zero-order valence-corrected chi connectivity index (χ0v) is 18.4. The van der Waals surface area contributed by atoms with Gasteiger partial charge < -0.3 is 15.2 Å². The van der Waals surface area contributed by atoms with Crippen LogP contribution in [0.25, 0.3) is 0 Å². The van der Waals surface area contributed by atoms with E-state index < -0.39 is 45.0 Å². The SMILES string of the molecule is CC(C)(C)C(=O)Oc1ccc(C[C@H](N)C(=O)O[Cl+3]([O-])([O-])[O-])cc1OC(=O)C(C)(C)C. The lowest BCUT2D eigenvalue weighted by Crippen LogP contribution is -2.63. The van der Waals surface area contributed by atoms with E-state index in [1.54, 1.807) is 41.5 Å². The molecule has 168 valence electrons. The molecule has 0 aliphatic heterocycles. The van der Waals surface area contributed by atoms with E-state index in [4.69, 9.17) is 15.2 Å². The molecule has 0 fully saturated rings. The van der Waals surface area contributed by atoms with Gasteiger partial charge in [-0.3, -0.25) is 9.59 Å². The largest absolute Gasteiger partial charge is 0.479 e. The van der Waals surface area contributed by atoms with E-state index in [9.17, 15) is 28.4 Å². The van der Waals surface area contributed by atoms with Gasteiger partial charge in [-0.2, -0.15) is 14.0 Å². The zero-order valence-electron chi connectivity index (χ0n) is 17.6. The number of esters is 2. The number of hydrogen-bond acceptors (Lipinski definition) is 10. The predicted octanol–water partition coefficient (Wildman–Crippen LogP) is -1.10. The standard InChI is InChI=1S/C19H26ClNO9/c1-18(2,3)16(23)28-13-8-7-11(9-12(21)15(22)30-20(25,26)27)10-14(13)29-17(24)19(4,5)6/h7-8,10,12H,9,21H2,1-6H3/t12-/m0/s1. The van der Waals surface area contributed by atoms with Crippen molar-refractivity contribution < 1.29 is 52.4 Å². The Kier molecular flexibility index (Phi) is 7.97. The lowest BCUT2D eigenvalue weighted by atomic mass is 9.97. The maximum atomic E-state index is 12.3. The summed E-state index contributed by atoms with van der Waals surface area (Å²) in [6.07, 6.45) is -0.239. The van der Waals surface area contributed by atoms with Crippen LogP contribution in [0.5, 0.6) is 11.5 Å². The van der Waals surface area contributed by atoms with Gasteiger partial charge >= 0.3 is 17.9 Å². The highest BCUT2D eigenvalue weighted by atomic mass is 35.7. The highest BCUT2D eigenvalue weighted by molar-refractivity contribution is 5.81. The van der Waals surface area contributed by atoms with Crippen LogP contribution in [0.4, 0.5) is 0 Å². The van der Waals surface area contributed by atoms with Crippen LogP contribution in [-0.2, 0) is 25.1 Å². The van der Waals surface area contributed by atoms with Gasteiger partial charge in [0.25, 0.3) is 0 Å². The first-order chi connectivity index (χ1) is 13.4. The van der Waals surface area contributed by atoms with Crippen LogP contribution in [0, 0.1) is 21.1 Å². The van der Waals surface area contributed by atoms with Crippen molar-refractivity contribution in [2.24, 2.45) is 16.6 Å². The minimum Gasteiger partial charge on any atom is -0.422 e. The second-order valence-electron chi connectivity index (χ2n) is 8.64. The summed E-state index contributed by atoms with van der Waals surface area (Å²) in [4.78, 5) is 36.1. The van der Waals surface area contributed by atoms with Crippen LogP contribution in [0.3, 0.4) is 0 Å². The van der Waals surface area contributed by atoms with Gasteiger partial charge in [0.15, 0.2) is 11.5 Å². The van der Waals surface area contributed by atoms with Crippen molar-refractivity contribution >= 4 is 17.9 Å². The molecule has 1 aromatic carbocycles. The molecule has 0 radical (unpaired) electrons. The second-order valence-corrected chi connectivity index (χ2v) is 9.56. The highest BCUT2D eigenvalue weighted by Crippen LogP contribution is 2.33. The first kappa shape index (κ1) is 25.8. The van der Waals surface area contributed by atoms with Crippen molar-refractivity contribution in [3.05, 3.63) is 23.8 Å². The molecule has 0 aliphatic carbocycles. The van der Waals surface area contributed by atoms with E-state index in [1.807, 2.05) is 0 Å². The zero-order chi connectivity index (χ0) is 23.5. The molecule has 0 heterocycles. The van der Waals surface area contributed by atoms with E-state index in [0.717, 1.165) is 0 Å². The smallest absolute Gasteiger partial charge is 0.422 e. The minimum atomic E-state index is -4.96. The third-order valence-corrected chi connectivity index (χ3v) is 3.91. The summed E-state index contributed by atoms with van der Waals surface area (Å²) in [6.45, 7) is 9.85. The van der Waals surface area contributed by atoms with E-state index in [-0.39, 0.29) is 17.9 Å². The van der Waals surface area contributed by atoms with Gasteiger partial charge in [-0.05, 0) is 69.9 Å². The molecule has 0 aliphatic rings. The fourth-order valence-electron chi connectivity index (χ4n) is 1.84. The first-order valence-electron chi connectivity index (χ1n) is 8.87. The van der Waals surface area contributed by atoms with Crippen molar-refractivity contribution in [2.45, 2.75) is 54.0 Å². The maximum Gasteiger partial charge on any atom is 0.479 e. The molecule has 10 nitrogen and oxygen atoms in total. The molecule has 2 N–H and O–H groups in total. The summed E-state index contributed by atoms with van der Waals surface area (Å²) >= 11 is 0. The van der Waals surface area contributed by atoms with Crippen molar-refractivity contribution in [2.75, 3.05) is 0 Å². The molecular weight excluding hydrogens is 422 g/mol. The Morgan fingerprint density at radius 2 is 1.40 bits per heavy atom. The number of hydrogen-bond donors (Lipinski definition) is 1. The fraction of sp³-hybridized carbons (Fsp3) is 0.526. The maximum absolute atomic E-state index is 12.3. The molecule has 0 saturated heterocycles. The first-order valence-corrected chi connectivity index (χ1v) is 10.1. The lowest BCUT2D eigenvalue weighted by molar-refractivity contribution is -1.92. The van der Waals surface area contributed by atoms with Gasteiger partial charge in [-0.15, -0.1) is 0 Å². The molecule has 0 amide bonds. The van der Waals surface area contributed by atoms with E-state index >= 15 is 0 Å². The van der Waals surface area contributed by atoms with E-state index in [2.05, 4.69) is 4.29 Å². The normalized spacial score (nSPS) is 13.4. The fourth-order valence-corrected chi connectivity index (χ4v) is 2.14. The van der Waals surface area contributed by atoms with Gasteiger partial charge in [-0.25, -0.2) is 4.79 Å². The average molecular weight is 448 g/mol. The molecule has 11 heteroatoms. The third-order valence-electron chi connectivity index (χ3n) is 3.57. The number of ether oxygens (including phenoxy) is 2. The van der Waals surface area contributed by atoms with Crippen molar-refractivity contribution in [3.63, 3.8) is 0 Å². The monoisotopic (exact) mass is 447 g/mol. The van der Waals surface area contributed by atoms with Gasteiger partial charge in [0, 0.05) is 0 Å². The molecule has 0 unspecified atom stereocenters. The Labute approximate surface area is 176 Å². The molecule has 0 bridgehead atoms. The van der Waals surface area contributed by atoms with Crippen molar-refractivity contribution in [1.29, 1.82) is 0 Å². The van der Waals surface area contributed by atoms with Gasteiger partial charge in [0.2, 0.25) is 0 Å². The Bertz CT molecular complexity index is 804. The summed E-state index contributed by atoms with van der Waals surface area (Å²) in [6, 6.07) is 2.64. The predicted molar refractivity (Wildman–Crippen MR) is 94.4 cm³/mol. The number of nitrogens with two attached hydrogens (primary N) is 1. The van der Waals surface area contributed by atoms with Gasteiger partial charge in [-0.1, -0.05) is 6.07 Å². The molecule has 0 aromatic heterocycles. The Morgan fingerprint density at radius 3 is 1.83 bits per heavy atom. The van der Waals surface area contributed by atoms with Crippen LogP contribution < -0.4 is 29.2 Å². The quantitative estimate of drug-likeness (QED) is 0.416. The van der Waals surface area contributed by atoms with E-state index in [1.165, 1.54) is 18.2 Å². The van der Waals surface area contributed by atoms with Gasteiger partial charge in [0.1, 0.15) is 16.3 Å². The third kappa shape index (κ3) is 8.25. The average Bonchev–Trinajstić information content (AvgIpc) is 2.53. The minimum absolute atomic E-state index is 0.0203. The molecule has 0 spiro atoms. The van der Waals surface area contributed by atoms with Crippen LogP contribution in [0.1, 0.15) is 47.1 Å². The summed E-state index contributed by atoms with van der Waals surface area (Å²) in [5.74, 6) is -2.72. The number of carbonyl (C=O) groups excluding carboxylic acids is 3. The summed E-state index contributed by atoms with van der Waals surface area (Å²) in [5, 5.41) is 0. The molecule has 1 aromatic rings. The lowest BCUT2D eigenvalue weighted by Gasteiger charge is -2.21. The molecule has 0 saturated carbocycles. The molecule has 1 atom stereocenters. The van der Waals surface area contributed by atoms with Crippen LogP contribution in [0.15, 0.2) is 18.2 Å². The Balaban J connectivity index is 3.17. The summed E-state index contributed by atoms with van der Waals surface area (Å²) < 4.78 is 45.9. The van der Waals surface area contributed by atoms with E-state index in [0.29, 0.717) is 5.56 Å². The highest BCUT2D eigenvalue weighted by Gasteiger charge is 2.32. The number of halogens is 1.